The van der Waals surface area contributed by atoms with Crippen molar-refractivity contribution < 1.29 is 4.79 Å². The summed E-state index contributed by atoms with van der Waals surface area (Å²) in [4.78, 5) is 16.3. The molecule has 2 aromatic rings. The number of nitrogens with zero attached hydrogens (tertiary/aromatic N) is 3. The summed E-state index contributed by atoms with van der Waals surface area (Å²) in [6, 6.07) is 5.48. The van der Waals surface area contributed by atoms with Crippen LogP contribution >= 0.6 is 11.6 Å². The van der Waals surface area contributed by atoms with Gasteiger partial charge in [0.15, 0.2) is 0 Å². The van der Waals surface area contributed by atoms with Crippen LogP contribution in [0, 0.1) is 0 Å². The summed E-state index contributed by atoms with van der Waals surface area (Å²) in [6.07, 6.45) is 2.86. The lowest BCUT2D eigenvalue weighted by Gasteiger charge is -2.09. The minimum absolute atomic E-state index is 0.252. The van der Waals surface area contributed by atoms with Crippen LogP contribution in [0.1, 0.15) is 24.3 Å². The van der Waals surface area contributed by atoms with Crippen molar-refractivity contribution in [2.45, 2.75) is 19.9 Å². The Morgan fingerprint density at radius 3 is 2.83 bits per heavy atom. The van der Waals surface area contributed by atoms with Crippen molar-refractivity contribution in [3.05, 3.63) is 41.3 Å². The number of aromatic nitrogens is 3. The standard InChI is InChI=1S/C12H13ClN4O/c1-8(2)15-11-5-3-4-10(16-11)12(18)17-7-9(13)6-14-17/h3-8H,1-2H3,(H,15,16). The fourth-order valence-electron chi connectivity index (χ4n) is 1.46. The highest BCUT2D eigenvalue weighted by molar-refractivity contribution is 6.30. The highest BCUT2D eigenvalue weighted by Gasteiger charge is 2.12. The Bertz CT molecular complexity index is 565. The summed E-state index contributed by atoms with van der Waals surface area (Å²) < 4.78 is 1.17. The summed E-state index contributed by atoms with van der Waals surface area (Å²) >= 11 is 5.72. The van der Waals surface area contributed by atoms with Crippen LogP contribution in [-0.2, 0) is 0 Å². The lowest BCUT2D eigenvalue weighted by atomic mass is 10.3. The quantitative estimate of drug-likeness (QED) is 0.925. The number of carbonyl (C=O) groups excluding carboxylic acids is 1. The maximum Gasteiger partial charge on any atom is 0.296 e. The van der Waals surface area contributed by atoms with Gasteiger partial charge in [0.2, 0.25) is 0 Å². The van der Waals surface area contributed by atoms with E-state index < -0.39 is 0 Å². The topological polar surface area (TPSA) is 59.8 Å². The minimum Gasteiger partial charge on any atom is -0.368 e. The molecule has 0 saturated heterocycles. The van der Waals surface area contributed by atoms with Crippen LogP contribution in [0.5, 0.6) is 0 Å². The molecule has 2 heterocycles. The van der Waals surface area contributed by atoms with Gasteiger partial charge in [-0.05, 0) is 26.0 Å². The van der Waals surface area contributed by atoms with Crippen LogP contribution < -0.4 is 5.32 Å². The first-order valence-corrected chi connectivity index (χ1v) is 5.92. The van der Waals surface area contributed by atoms with Crippen LogP contribution in [-0.4, -0.2) is 26.7 Å². The van der Waals surface area contributed by atoms with Gasteiger partial charge in [-0.15, -0.1) is 0 Å². The first-order chi connectivity index (χ1) is 8.56. The Kier molecular flexibility index (Phi) is 3.62. The molecule has 0 bridgehead atoms. The molecule has 0 unspecified atom stereocenters. The van der Waals surface area contributed by atoms with Gasteiger partial charge >= 0.3 is 0 Å². The smallest absolute Gasteiger partial charge is 0.296 e. The highest BCUT2D eigenvalue weighted by atomic mass is 35.5. The lowest BCUT2D eigenvalue weighted by molar-refractivity contribution is 0.0940. The number of halogens is 1. The normalized spacial score (nSPS) is 10.7. The molecule has 0 radical (unpaired) electrons. The molecule has 5 nitrogen and oxygen atoms in total. The molecule has 1 N–H and O–H groups in total. The Balaban J connectivity index is 2.25. The van der Waals surface area contributed by atoms with Crippen molar-refractivity contribution in [3.8, 4) is 0 Å². The summed E-state index contributed by atoms with van der Waals surface area (Å²) in [6.45, 7) is 4.01. The van der Waals surface area contributed by atoms with Crippen molar-refractivity contribution in [2.24, 2.45) is 0 Å². The van der Waals surface area contributed by atoms with Crippen molar-refractivity contribution >= 4 is 23.3 Å². The van der Waals surface area contributed by atoms with E-state index in [1.807, 2.05) is 19.9 Å². The van der Waals surface area contributed by atoms with E-state index in [0.29, 0.717) is 16.5 Å². The number of pyridine rings is 1. The molecule has 0 fully saturated rings. The Morgan fingerprint density at radius 1 is 1.44 bits per heavy atom. The predicted molar refractivity (Wildman–Crippen MR) is 70.0 cm³/mol. The number of hydrogen-bond donors (Lipinski definition) is 1. The van der Waals surface area contributed by atoms with Gasteiger partial charge in [-0.2, -0.15) is 5.10 Å². The van der Waals surface area contributed by atoms with E-state index in [9.17, 15) is 4.79 Å². The first kappa shape index (κ1) is 12.6. The van der Waals surface area contributed by atoms with Gasteiger partial charge in [0.25, 0.3) is 5.91 Å². The highest BCUT2D eigenvalue weighted by Crippen LogP contribution is 2.10. The minimum atomic E-state index is -0.311. The Labute approximate surface area is 110 Å². The zero-order valence-corrected chi connectivity index (χ0v) is 10.8. The van der Waals surface area contributed by atoms with E-state index in [-0.39, 0.29) is 11.9 Å². The van der Waals surface area contributed by atoms with E-state index in [4.69, 9.17) is 11.6 Å². The zero-order chi connectivity index (χ0) is 13.1. The number of nitrogens with one attached hydrogen (secondary N) is 1. The second-order valence-corrected chi connectivity index (χ2v) is 4.55. The van der Waals surface area contributed by atoms with E-state index in [1.165, 1.54) is 17.1 Å². The second kappa shape index (κ2) is 5.18. The Morgan fingerprint density at radius 2 is 2.22 bits per heavy atom. The van der Waals surface area contributed by atoms with Crippen LogP contribution in [0.3, 0.4) is 0 Å². The van der Waals surface area contributed by atoms with Gasteiger partial charge in [0.05, 0.1) is 17.4 Å². The molecule has 0 aromatic carbocycles. The fourth-order valence-corrected chi connectivity index (χ4v) is 1.60. The largest absolute Gasteiger partial charge is 0.368 e. The third-order valence-corrected chi connectivity index (χ3v) is 2.36. The third kappa shape index (κ3) is 2.87. The van der Waals surface area contributed by atoms with Gasteiger partial charge < -0.3 is 5.32 Å². The van der Waals surface area contributed by atoms with Gasteiger partial charge in [0, 0.05) is 6.04 Å². The molecule has 2 rings (SSSR count). The van der Waals surface area contributed by atoms with Crippen LogP contribution in [0.4, 0.5) is 5.82 Å². The monoisotopic (exact) mass is 264 g/mol. The number of anilines is 1. The van der Waals surface area contributed by atoms with Crippen molar-refractivity contribution in [1.82, 2.24) is 14.8 Å². The molecule has 0 aliphatic heterocycles. The van der Waals surface area contributed by atoms with Gasteiger partial charge in [-0.3, -0.25) is 4.79 Å². The van der Waals surface area contributed by atoms with Crippen LogP contribution in [0.15, 0.2) is 30.6 Å². The average Bonchev–Trinajstić information content (AvgIpc) is 2.74. The summed E-state index contributed by atoms with van der Waals surface area (Å²) in [5, 5.41) is 7.41. The van der Waals surface area contributed by atoms with Crippen molar-refractivity contribution in [2.75, 3.05) is 5.32 Å². The van der Waals surface area contributed by atoms with Crippen molar-refractivity contribution in [1.29, 1.82) is 0 Å². The van der Waals surface area contributed by atoms with Gasteiger partial charge in [-0.25, -0.2) is 9.67 Å². The van der Waals surface area contributed by atoms with Crippen LogP contribution in [0.25, 0.3) is 0 Å². The maximum atomic E-state index is 12.0. The summed E-state index contributed by atoms with van der Waals surface area (Å²) in [5.41, 5.74) is 0.320. The molecule has 0 aliphatic carbocycles. The fraction of sp³-hybridized carbons (Fsp3) is 0.250. The summed E-state index contributed by atoms with van der Waals surface area (Å²) in [7, 11) is 0. The average molecular weight is 265 g/mol. The first-order valence-electron chi connectivity index (χ1n) is 5.55. The molecule has 2 aromatic heterocycles. The van der Waals surface area contributed by atoms with E-state index >= 15 is 0 Å². The maximum absolute atomic E-state index is 12.0. The molecule has 0 saturated carbocycles. The van der Waals surface area contributed by atoms with Gasteiger partial charge in [-0.1, -0.05) is 17.7 Å². The molecule has 18 heavy (non-hydrogen) atoms. The van der Waals surface area contributed by atoms with E-state index in [2.05, 4.69) is 15.4 Å². The molecule has 94 valence electrons. The molecule has 0 amide bonds. The van der Waals surface area contributed by atoms with Crippen molar-refractivity contribution in [3.63, 3.8) is 0 Å². The zero-order valence-electron chi connectivity index (χ0n) is 10.1. The SMILES string of the molecule is CC(C)Nc1cccc(C(=O)n2cc(Cl)cn2)n1. The lowest BCUT2D eigenvalue weighted by Crippen LogP contribution is -2.16. The Hall–Kier alpha value is -1.88. The molecular weight excluding hydrogens is 252 g/mol. The second-order valence-electron chi connectivity index (χ2n) is 4.12. The molecular formula is C12H13ClN4O. The predicted octanol–water partition coefficient (Wildman–Crippen LogP) is 2.44. The summed E-state index contributed by atoms with van der Waals surface area (Å²) in [5.74, 6) is 0.350. The van der Waals surface area contributed by atoms with Gasteiger partial charge in [0.1, 0.15) is 11.5 Å². The third-order valence-electron chi connectivity index (χ3n) is 2.16. The number of rotatable bonds is 3. The van der Waals surface area contributed by atoms with E-state index in [0.717, 1.165) is 0 Å². The molecule has 0 spiro atoms. The molecule has 0 atom stereocenters. The number of hydrogen-bond acceptors (Lipinski definition) is 4. The van der Waals surface area contributed by atoms with Crippen LogP contribution in [0.2, 0.25) is 5.02 Å². The number of carbonyl (C=O) groups is 1. The van der Waals surface area contributed by atoms with E-state index in [1.54, 1.807) is 12.1 Å². The molecule has 6 heteroatoms. The molecule has 0 aliphatic rings.